The van der Waals surface area contributed by atoms with Gasteiger partial charge in [0.15, 0.2) is 6.61 Å². The highest BCUT2D eigenvalue weighted by molar-refractivity contribution is 5.93. The number of ether oxygens (including phenoxy) is 2. The van der Waals surface area contributed by atoms with Crippen molar-refractivity contribution in [3.63, 3.8) is 0 Å². The van der Waals surface area contributed by atoms with Crippen molar-refractivity contribution < 1.29 is 19.1 Å². The molecule has 142 valence electrons. The standard InChI is InChI=1S/C20H23N3O4/c1-26-19(24)14-27-17-9-7-16(8-10-17)22-20(25)15-5-4-12-23(13-15)18-6-2-3-11-21-18/h2-3,6-11,15H,4-5,12-14H2,1H3,(H,22,25). The molecule has 2 aromatic rings. The second-order valence-corrected chi connectivity index (χ2v) is 6.35. The molecular formula is C20H23N3O4. The number of anilines is 2. The number of benzene rings is 1. The third-order valence-electron chi connectivity index (χ3n) is 4.47. The van der Waals surface area contributed by atoms with Crippen molar-refractivity contribution in [2.24, 2.45) is 5.92 Å². The molecule has 0 spiro atoms. The molecule has 1 aromatic heterocycles. The van der Waals surface area contributed by atoms with Crippen LogP contribution in [0.4, 0.5) is 11.5 Å². The predicted octanol–water partition coefficient (Wildman–Crippen LogP) is 2.49. The first-order chi connectivity index (χ1) is 13.2. The van der Waals surface area contributed by atoms with E-state index in [1.165, 1.54) is 7.11 Å². The third-order valence-corrected chi connectivity index (χ3v) is 4.47. The van der Waals surface area contributed by atoms with E-state index in [0.717, 1.165) is 25.2 Å². The number of rotatable bonds is 6. The van der Waals surface area contributed by atoms with Gasteiger partial charge in [0.05, 0.1) is 13.0 Å². The number of methoxy groups -OCH3 is 1. The maximum atomic E-state index is 12.6. The van der Waals surface area contributed by atoms with Gasteiger partial charge in [-0.25, -0.2) is 9.78 Å². The van der Waals surface area contributed by atoms with Crippen LogP contribution in [0.25, 0.3) is 0 Å². The Bertz CT molecular complexity index is 765. The molecule has 1 atom stereocenters. The smallest absolute Gasteiger partial charge is 0.343 e. The van der Waals surface area contributed by atoms with Gasteiger partial charge in [-0.2, -0.15) is 0 Å². The van der Waals surface area contributed by atoms with Crippen LogP contribution in [0, 0.1) is 5.92 Å². The minimum absolute atomic E-state index is 0.00106. The van der Waals surface area contributed by atoms with E-state index in [-0.39, 0.29) is 18.4 Å². The monoisotopic (exact) mass is 369 g/mol. The molecule has 0 aliphatic carbocycles. The number of hydrogen-bond donors (Lipinski definition) is 1. The van der Waals surface area contributed by atoms with Gasteiger partial charge in [-0.3, -0.25) is 4.79 Å². The number of nitrogens with one attached hydrogen (secondary N) is 1. The predicted molar refractivity (Wildman–Crippen MR) is 102 cm³/mol. The van der Waals surface area contributed by atoms with Gasteiger partial charge in [-0.15, -0.1) is 0 Å². The fourth-order valence-corrected chi connectivity index (χ4v) is 3.02. The van der Waals surface area contributed by atoms with E-state index in [0.29, 0.717) is 18.0 Å². The lowest BCUT2D eigenvalue weighted by molar-refractivity contribution is -0.142. The quantitative estimate of drug-likeness (QED) is 0.788. The summed E-state index contributed by atoms with van der Waals surface area (Å²) in [5, 5.41) is 2.95. The largest absolute Gasteiger partial charge is 0.482 e. The first-order valence-corrected chi connectivity index (χ1v) is 8.92. The van der Waals surface area contributed by atoms with E-state index in [2.05, 4.69) is 19.9 Å². The molecular weight excluding hydrogens is 346 g/mol. The number of piperidine rings is 1. The van der Waals surface area contributed by atoms with Crippen LogP contribution >= 0.6 is 0 Å². The number of hydrogen-bond acceptors (Lipinski definition) is 6. The first-order valence-electron chi connectivity index (χ1n) is 8.92. The van der Waals surface area contributed by atoms with Gasteiger partial charge in [-0.05, 0) is 49.2 Å². The van der Waals surface area contributed by atoms with Gasteiger partial charge in [0.2, 0.25) is 5.91 Å². The van der Waals surface area contributed by atoms with E-state index in [4.69, 9.17) is 4.74 Å². The topological polar surface area (TPSA) is 80.8 Å². The van der Waals surface area contributed by atoms with E-state index < -0.39 is 5.97 Å². The minimum Gasteiger partial charge on any atom is -0.482 e. The second kappa shape index (κ2) is 9.02. The van der Waals surface area contributed by atoms with Crippen LogP contribution in [0.5, 0.6) is 5.75 Å². The zero-order valence-corrected chi connectivity index (χ0v) is 15.3. The minimum atomic E-state index is -0.442. The molecule has 0 saturated carbocycles. The molecule has 1 N–H and O–H groups in total. The van der Waals surface area contributed by atoms with Gasteiger partial charge in [0.1, 0.15) is 11.6 Å². The summed E-state index contributed by atoms with van der Waals surface area (Å²) < 4.78 is 9.82. The van der Waals surface area contributed by atoms with Crippen molar-refractivity contribution in [1.29, 1.82) is 0 Å². The lowest BCUT2D eigenvalue weighted by Crippen LogP contribution is -2.41. The fourth-order valence-electron chi connectivity index (χ4n) is 3.02. The Hall–Kier alpha value is -3.09. The maximum Gasteiger partial charge on any atom is 0.343 e. The summed E-state index contributed by atoms with van der Waals surface area (Å²) in [5.74, 6) is 0.913. The highest BCUT2D eigenvalue weighted by Gasteiger charge is 2.26. The van der Waals surface area contributed by atoms with Crippen molar-refractivity contribution in [2.75, 3.05) is 37.0 Å². The number of nitrogens with zero attached hydrogens (tertiary/aromatic N) is 2. The van der Waals surface area contributed by atoms with Gasteiger partial charge >= 0.3 is 5.97 Å². The van der Waals surface area contributed by atoms with E-state index in [9.17, 15) is 9.59 Å². The van der Waals surface area contributed by atoms with E-state index >= 15 is 0 Å². The molecule has 1 aromatic carbocycles. The van der Waals surface area contributed by atoms with Gasteiger partial charge in [0.25, 0.3) is 0 Å². The summed E-state index contributed by atoms with van der Waals surface area (Å²) in [6.45, 7) is 1.42. The molecule has 1 fully saturated rings. The molecule has 27 heavy (non-hydrogen) atoms. The van der Waals surface area contributed by atoms with Crippen molar-refractivity contribution >= 4 is 23.4 Å². The van der Waals surface area contributed by atoms with E-state index in [1.807, 2.05) is 18.2 Å². The van der Waals surface area contributed by atoms with Crippen molar-refractivity contribution in [3.8, 4) is 5.75 Å². The van der Waals surface area contributed by atoms with Gasteiger partial charge in [0, 0.05) is 25.0 Å². The molecule has 1 aliphatic rings. The number of aromatic nitrogens is 1. The highest BCUT2D eigenvalue weighted by Crippen LogP contribution is 2.23. The maximum absolute atomic E-state index is 12.6. The number of pyridine rings is 1. The molecule has 1 unspecified atom stereocenters. The number of esters is 1. The Labute approximate surface area is 158 Å². The van der Waals surface area contributed by atoms with Crippen molar-refractivity contribution in [3.05, 3.63) is 48.7 Å². The molecule has 0 bridgehead atoms. The average molecular weight is 369 g/mol. The van der Waals surface area contributed by atoms with Crippen LogP contribution in [0.15, 0.2) is 48.7 Å². The van der Waals surface area contributed by atoms with Crippen LogP contribution in [0.1, 0.15) is 12.8 Å². The Morgan fingerprint density at radius 2 is 2.04 bits per heavy atom. The van der Waals surface area contributed by atoms with Crippen LogP contribution < -0.4 is 15.0 Å². The fraction of sp³-hybridized carbons (Fsp3) is 0.350. The van der Waals surface area contributed by atoms with Crippen molar-refractivity contribution in [1.82, 2.24) is 4.98 Å². The van der Waals surface area contributed by atoms with Gasteiger partial charge in [-0.1, -0.05) is 6.07 Å². The summed E-state index contributed by atoms with van der Waals surface area (Å²) in [7, 11) is 1.31. The summed E-state index contributed by atoms with van der Waals surface area (Å²) in [6.07, 6.45) is 3.58. The molecule has 1 amide bonds. The lowest BCUT2D eigenvalue weighted by Gasteiger charge is -2.32. The van der Waals surface area contributed by atoms with Gasteiger partial charge < -0.3 is 19.7 Å². The normalized spacial score (nSPS) is 16.5. The Kier molecular flexibility index (Phi) is 6.25. The zero-order chi connectivity index (χ0) is 19.1. The number of amides is 1. The number of carbonyl (C=O) groups is 2. The molecule has 7 nitrogen and oxygen atoms in total. The summed E-state index contributed by atoms with van der Waals surface area (Å²) in [4.78, 5) is 30.2. The second-order valence-electron chi connectivity index (χ2n) is 6.35. The van der Waals surface area contributed by atoms with Crippen LogP contribution in [0.3, 0.4) is 0 Å². The third kappa shape index (κ3) is 5.20. The molecule has 0 radical (unpaired) electrons. The first kappa shape index (κ1) is 18.7. The van der Waals surface area contributed by atoms with E-state index in [1.54, 1.807) is 30.5 Å². The number of carbonyl (C=O) groups excluding carboxylic acids is 2. The summed E-state index contributed by atoms with van der Waals surface area (Å²) in [6, 6.07) is 12.7. The molecule has 7 heteroatoms. The van der Waals surface area contributed by atoms with Crippen LogP contribution in [-0.4, -0.2) is 43.7 Å². The van der Waals surface area contributed by atoms with Crippen LogP contribution in [-0.2, 0) is 14.3 Å². The average Bonchev–Trinajstić information content (AvgIpc) is 2.73. The zero-order valence-electron chi connectivity index (χ0n) is 15.3. The molecule has 1 saturated heterocycles. The highest BCUT2D eigenvalue weighted by atomic mass is 16.6. The Morgan fingerprint density at radius 1 is 1.22 bits per heavy atom. The lowest BCUT2D eigenvalue weighted by atomic mass is 9.97. The molecule has 2 heterocycles. The molecule has 3 rings (SSSR count). The summed E-state index contributed by atoms with van der Waals surface area (Å²) >= 11 is 0. The van der Waals surface area contributed by atoms with Crippen LogP contribution in [0.2, 0.25) is 0 Å². The SMILES string of the molecule is COC(=O)COc1ccc(NC(=O)C2CCCN(c3ccccn3)C2)cc1. The summed E-state index contributed by atoms with van der Waals surface area (Å²) in [5.41, 5.74) is 0.695. The Morgan fingerprint density at radius 3 is 2.74 bits per heavy atom. The van der Waals surface area contributed by atoms with Crippen molar-refractivity contribution in [2.45, 2.75) is 12.8 Å². The molecule has 1 aliphatic heterocycles. The Balaban J connectivity index is 1.54.